The van der Waals surface area contributed by atoms with Crippen molar-refractivity contribution >= 4 is 28.9 Å². The van der Waals surface area contributed by atoms with Gasteiger partial charge in [-0.05, 0) is 77.4 Å². The van der Waals surface area contributed by atoms with Crippen LogP contribution in [0.3, 0.4) is 0 Å². The Morgan fingerprint density at radius 2 is 1.83 bits per heavy atom. The minimum atomic E-state index is -0.298. The van der Waals surface area contributed by atoms with E-state index in [1.807, 2.05) is 65.3 Å². The molecule has 2 aliphatic rings. The van der Waals surface area contributed by atoms with Crippen LogP contribution >= 0.6 is 11.6 Å². The molecule has 1 fully saturated rings. The molecule has 9 nitrogen and oxygen atoms in total. The molecule has 1 saturated carbocycles. The molecule has 176 valence electrons. The lowest BCUT2D eigenvalue weighted by Gasteiger charge is -2.20. The molecule has 1 aliphatic carbocycles. The maximum absolute atomic E-state index is 13.2. The van der Waals surface area contributed by atoms with Crippen LogP contribution in [0.2, 0.25) is 5.02 Å². The van der Waals surface area contributed by atoms with E-state index < -0.39 is 0 Å². The first-order chi connectivity index (χ1) is 17.2. The third kappa shape index (κ3) is 4.42. The fourth-order valence-corrected chi connectivity index (χ4v) is 4.33. The van der Waals surface area contributed by atoms with Crippen LogP contribution in [0.5, 0.6) is 0 Å². The number of hydrogen-bond donors (Lipinski definition) is 1. The number of carbonyl (C=O) groups excluding carboxylic acids is 1. The molecule has 10 heteroatoms. The summed E-state index contributed by atoms with van der Waals surface area (Å²) in [4.78, 5) is 13.2. The van der Waals surface area contributed by atoms with Crippen molar-refractivity contribution in [3.05, 3.63) is 83.3 Å². The Labute approximate surface area is 206 Å². The zero-order valence-electron chi connectivity index (χ0n) is 18.7. The van der Waals surface area contributed by atoms with Crippen LogP contribution < -0.4 is 5.32 Å². The molecule has 0 saturated heterocycles. The number of rotatable bonds is 7. The number of benzene rings is 2. The van der Waals surface area contributed by atoms with E-state index in [2.05, 4.69) is 25.9 Å². The van der Waals surface area contributed by atoms with Crippen molar-refractivity contribution < 1.29 is 9.21 Å². The van der Waals surface area contributed by atoms with E-state index in [9.17, 15) is 4.79 Å². The van der Waals surface area contributed by atoms with Crippen molar-refractivity contribution in [1.29, 1.82) is 0 Å². The van der Waals surface area contributed by atoms with Crippen molar-refractivity contribution in [1.82, 2.24) is 25.2 Å². The number of hydrogen-bond acceptors (Lipinski definition) is 7. The van der Waals surface area contributed by atoms with E-state index in [1.54, 1.807) is 6.26 Å². The summed E-state index contributed by atoms with van der Waals surface area (Å²) < 4.78 is 7.50. The maximum atomic E-state index is 13.2. The largest absolute Gasteiger partial charge is 0.467 e. The standard InChI is InChI=1S/C25H22ClN7O2/c26-18-7-3-16(4-8-18)21-14-22(23-2-1-13-35-23)33(29-21)24(34)15-27-19-9-5-17(6-10-19)25-28-30-31-32(25)20-11-12-20/h1-10,13,20,22,27H,11-12,14-15H2. The lowest BCUT2D eigenvalue weighted by Crippen LogP contribution is -2.32. The van der Waals surface area contributed by atoms with Crippen molar-refractivity contribution in [3.63, 3.8) is 0 Å². The summed E-state index contributed by atoms with van der Waals surface area (Å²) in [6.45, 7) is 0.0910. The third-order valence-corrected chi connectivity index (χ3v) is 6.44. The van der Waals surface area contributed by atoms with Crippen molar-refractivity contribution in [2.45, 2.75) is 31.3 Å². The Hall–Kier alpha value is -3.98. The van der Waals surface area contributed by atoms with Gasteiger partial charge in [-0.15, -0.1) is 5.10 Å². The molecule has 4 aromatic rings. The van der Waals surface area contributed by atoms with Crippen LogP contribution in [0.4, 0.5) is 5.69 Å². The van der Waals surface area contributed by atoms with Gasteiger partial charge in [0, 0.05) is 22.7 Å². The second kappa shape index (κ2) is 8.99. The summed E-state index contributed by atoms with van der Waals surface area (Å²) in [6.07, 6.45) is 4.39. The Kier molecular flexibility index (Phi) is 5.54. The van der Waals surface area contributed by atoms with Crippen molar-refractivity contribution in [3.8, 4) is 11.4 Å². The molecule has 0 spiro atoms. The summed E-state index contributed by atoms with van der Waals surface area (Å²) in [5.41, 5.74) is 3.50. The number of carbonyl (C=O) groups is 1. The Morgan fingerprint density at radius 1 is 1.06 bits per heavy atom. The van der Waals surface area contributed by atoms with Crippen LogP contribution in [-0.4, -0.2) is 43.4 Å². The minimum absolute atomic E-state index is 0.0910. The average Bonchev–Trinajstić information content (AvgIpc) is 3.28. The minimum Gasteiger partial charge on any atom is -0.467 e. The highest BCUT2D eigenvalue weighted by atomic mass is 35.5. The highest BCUT2D eigenvalue weighted by Crippen LogP contribution is 2.37. The van der Waals surface area contributed by atoms with Crippen LogP contribution in [0.25, 0.3) is 11.4 Å². The number of halogens is 1. The van der Waals surface area contributed by atoms with Crippen molar-refractivity contribution in [2.24, 2.45) is 5.10 Å². The van der Waals surface area contributed by atoms with Crippen molar-refractivity contribution in [2.75, 3.05) is 11.9 Å². The normalized spacial score (nSPS) is 17.5. The summed E-state index contributed by atoms with van der Waals surface area (Å²) >= 11 is 6.03. The van der Waals surface area contributed by atoms with Gasteiger partial charge in [0.15, 0.2) is 5.82 Å². The zero-order valence-corrected chi connectivity index (χ0v) is 19.5. The average molecular weight is 488 g/mol. The zero-order chi connectivity index (χ0) is 23.8. The van der Waals surface area contributed by atoms with Gasteiger partial charge in [-0.3, -0.25) is 4.79 Å². The number of hydrazone groups is 1. The van der Waals surface area contributed by atoms with Gasteiger partial charge in [-0.25, -0.2) is 9.69 Å². The van der Waals surface area contributed by atoms with E-state index in [0.717, 1.165) is 41.2 Å². The molecule has 1 N–H and O–H groups in total. The quantitative estimate of drug-likeness (QED) is 0.405. The molecule has 1 unspecified atom stereocenters. The monoisotopic (exact) mass is 487 g/mol. The van der Waals surface area contributed by atoms with Gasteiger partial charge in [-0.1, -0.05) is 23.7 Å². The summed E-state index contributed by atoms with van der Waals surface area (Å²) in [5.74, 6) is 1.30. The molecule has 1 amide bonds. The number of nitrogens with one attached hydrogen (secondary N) is 1. The molecule has 2 aromatic heterocycles. The van der Waals surface area contributed by atoms with Crippen LogP contribution in [0, 0.1) is 0 Å². The SMILES string of the molecule is O=C(CNc1ccc(-c2nnnn2C2CC2)cc1)N1N=C(c2ccc(Cl)cc2)CC1c1ccco1. The molecule has 2 aromatic carbocycles. The molecule has 1 atom stereocenters. The lowest BCUT2D eigenvalue weighted by atomic mass is 10.0. The molecule has 35 heavy (non-hydrogen) atoms. The Morgan fingerprint density at radius 3 is 2.54 bits per heavy atom. The number of tetrazole rings is 1. The molecular formula is C25H22ClN7O2. The molecule has 1 aliphatic heterocycles. The fourth-order valence-electron chi connectivity index (χ4n) is 4.20. The highest BCUT2D eigenvalue weighted by molar-refractivity contribution is 6.30. The first-order valence-corrected chi connectivity index (χ1v) is 11.8. The Balaban J connectivity index is 1.16. The maximum Gasteiger partial charge on any atom is 0.262 e. The number of furan rings is 1. The summed E-state index contributed by atoms with van der Waals surface area (Å²) in [6, 6.07) is 19.0. The molecule has 6 rings (SSSR count). The molecule has 0 bridgehead atoms. The second-order valence-corrected chi connectivity index (χ2v) is 9.07. The number of nitrogens with zero attached hydrogens (tertiary/aromatic N) is 6. The van der Waals surface area contributed by atoms with E-state index in [-0.39, 0.29) is 18.5 Å². The first-order valence-electron chi connectivity index (χ1n) is 11.5. The number of aromatic nitrogens is 4. The number of amides is 1. The third-order valence-electron chi connectivity index (χ3n) is 6.19. The topological polar surface area (TPSA) is 101 Å². The summed E-state index contributed by atoms with van der Waals surface area (Å²) in [5, 5.41) is 22.1. The van der Waals surface area contributed by atoms with E-state index in [4.69, 9.17) is 16.0 Å². The van der Waals surface area contributed by atoms with E-state index in [0.29, 0.717) is 23.2 Å². The lowest BCUT2D eigenvalue weighted by molar-refractivity contribution is -0.131. The second-order valence-electron chi connectivity index (χ2n) is 8.64. The van der Waals surface area contributed by atoms with Gasteiger partial charge in [0.1, 0.15) is 11.8 Å². The van der Waals surface area contributed by atoms with Crippen LogP contribution in [-0.2, 0) is 4.79 Å². The van der Waals surface area contributed by atoms with Gasteiger partial charge < -0.3 is 9.73 Å². The van der Waals surface area contributed by atoms with Crippen LogP contribution in [0.15, 0.2) is 76.4 Å². The Bertz CT molecular complexity index is 1360. The molecule has 3 heterocycles. The first kappa shape index (κ1) is 21.5. The molecular weight excluding hydrogens is 466 g/mol. The van der Waals surface area contributed by atoms with Gasteiger partial charge >= 0.3 is 0 Å². The fraction of sp³-hybridized carbons (Fsp3) is 0.240. The predicted octanol–water partition coefficient (Wildman–Crippen LogP) is 4.71. The van der Waals surface area contributed by atoms with Gasteiger partial charge in [0.2, 0.25) is 0 Å². The van der Waals surface area contributed by atoms with E-state index in [1.165, 1.54) is 5.01 Å². The van der Waals surface area contributed by atoms with Gasteiger partial charge in [0.25, 0.3) is 5.91 Å². The summed E-state index contributed by atoms with van der Waals surface area (Å²) in [7, 11) is 0. The number of anilines is 1. The van der Waals surface area contributed by atoms with E-state index >= 15 is 0 Å². The van der Waals surface area contributed by atoms with Gasteiger partial charge in [0.05, 0.1) is 24.6 Å². The molecule has 0 radical (unpaired) electrons. The van der Waals surface area contributed by atoms with Crippen LogP contribution in [0.1, 0.15) is 42.7 Å². The highest BCUT2D eigenvalue weighted by Gasteiger charge is 2.34. The van der Waals surface area contributed by atoms with Gasteiger partial charge in [-0.2, -0.15) is 5.10 Å². The predicted molar refractivity (Wildman–Crippen MR) is 131 cm³/mol. The smallest absolute Gasteiger partial charge is 0.262 e.